The minimum atomic E-state index is -1.10. The number of hydrogen-bond acceptors (Lipinski definition) is 3. The van der Waals surface area contributed by atoms with Crippen molar-refractivity contribution in [3.63, 3.8) is 0 Å². The van der Waals surface area contributed by atoms with Crippen LogP contribution in [0.3, 0.4) is 0 Å². The van der Waals surface area contributed by atoms with Crippen LogP contribution >= 0.6 is 11.6 Å². The fraction of sp³-hybridized carbons (Fsp3) is 0.0741. The summed E-state index contributed by atoms with van der Waals surface area (Å²) in [7, 11) is 0. The summed E-state index contributed by atoms with van der Waals surface area (Å²) in [6.07, 6.45) is -1.01. The number of benzene rings is 4. The first kappa shape index (κ1) is 21.5. The summed E-state index contributed by atoms with van der Waals surface area (Å²) in [6.45, 7) is 0. The molecule has 0 aliphatic carbocycles. The molecular formula is C27H21ClO4. The third kappa shape index (κ3) is 5.48. The zero-order chi connectivity index (χ0) is 22.3. The van der Waals surface area contributed by atoms with Gasteiger partial charge in [-0.2, -0.15) is 0 Å². The van der Waals surface area contributed by atoms with Gasteiger partial charge in [-0.3, -0.25) is 0 Å². The van der Waals surface area contributed by atoms with Crippen LogP contribution in [0.4, 0.5) is 0 Å². The molecule has 0 spiro atoms. The highest BCUT2D eigenvalue weighted by molar-refractivity contribution is 6.30. The number of para-hydroxylation sites is 1. The van der Waals surface area contributed by atoms with Gasteiger partial charge in [0.15, 0.2) is 6.10 Å². The van der Waals surface area contributed by atoms with E-state index in [2.05, 4.69) is 0 Å². The van der Waals surface area contributed by atoms with Crippen molar-refractivity contribution in [2.24, 2.45) is 0 Å². The van der Waals surface area contributed by atoms with Gasteiger partial charge in [-0.25, -0.2) is 4.79 Å². The average Bonchev–Trinajstić information content (AvgIpc) is 2.82. The zero-order valence-electron chi connectivity index (χ0n) is 17.1. The summed E-state index contributed by atoms with van der Waals surface area (Å²) in [6, 6.07) is 31.8. The highest BCUT2D eigenvalue weighted by Crippen LogP contribution is 2.30. The van der Waals surface area contributed by atoms with Gasteiger partial charge in [0.2, 0.25) is 0 Å². The number of carbonyl (C=O) groups is 1. The van der Waals surface area contributed by atoms with Gasteiger partial charge < -0.3 is 14.6 Å². The maximum Gasteiger partial charge on any atom is 0.345 e. The molecule has 4 nitrogen and oxygen atoms in total. The lowest BCUT2D eigenvalue weighted by Gasteiger charge is -2.18. The zero-order valence-corrected chi connectivity index (χ0v) is 17.9. The number of ether oxygens (including phenoxy) is 2. The van der Waals surface area contributed by atoms with Gasteiger partial charge in [-0.05, 0) is 53.6 Å². The summed E-state index contributed by atoms with van der Waals surface area (Å²) >= 11 is 6.17. The number of carboxylic acids is 1. The van der Waals surface area contributed by atoms with Crippen LogP contribution in [-0.4, -0.2) is 17.2 Å². The van der Waals surface area contributed by atoms with Gasteiger partial charge in [0.1, 0.15) is 17.2 Å². The van der Waals surface area contributed by atoms with E-state index in [1.807, 2.05) is 72.8 Å². The molecule has 0 saturated carbocycles. The molecule has 0 bridgehead atoms. The lowest BCUT2D eigenvalue weighted by atomic mass is 10.1. The summed E-state index contributed by atoms with van der Waals surface area (Å²) in [5.41, 5.74) is 2.75. The molecule has 4 aromatic rings. The molecular weight excluding hydrogens is 424 g/mol. The molecule has 160 valence electrons. The van der Waals surface area contributed by atoms with Crippen LogP contribution in [0.1, 0.15) is 5.56 Å². The summed E-state index contributed by atoms with van der Waals surface area (Å²) in [5, 5.41) is 10.3. The van der Waals surface area contributed by atoms with E-state index in [1.54, 1.807) is 30.3 Å². The molecule has 32 heavy (non-hydrogen) atoms. The van der Waals surface area contributed by atoms with Crippen LogP contribution in [0, 0.1) is 0 Å². The Labute approximate surface area is 191 Å². The van der Waals surface area contributed by atoms with Crippen molar-refractivity contribution in [2.75, 3.05) is 0 Å². The van der Waals surface area contributed by atoms with Crippen molar-refractivity contribution in [3.8, 4) is 28.4 Å². The molecule has 1 N–H and O–H groups in total. The third-order valence-electron chi connectivity index (χ3n) is 4.91. The lowest BCUT2D eigenvalue weighted by Crippen LogP contribution is -2.29. The predicted molar refractivity (Wildman–Crippen MR) is 126 cm³/mol. The standard InChI is InChI=1S/C27H21ClO4/c28-22-13-16-25(31-23-9-5-2-6-10-23)21(17-22)18-26(27(29)30)32-24-14-11-20(12-15-24)19-7-3-1-4-8-19/h1-17,26H,18H2,(H,29,30)/t26-/m1/s1. The number of carboxylic acid groups (broad SMARTS) is 1. The van der Waals surface area contributed by atoms with Crippen LogP contribution < -0.4 is 9.47 Å². The first-order chi connectivity index (χ1) is 15.6. The maximum atomic E-state index is 12.0. The molecule has 0 fully saturated rings. The van der Waals surface area contributed by atoms with E-state index in [-0.39, 0.29) is 6.42 Å². The smallest absolute Gasteiger partial charge is 0.345 e. The summed E-state index contributed by atoms with van der Waals surface area (Å²) in [5.74, 6) is 0.600. The van der Waals surface area contributed by atoms with Gasteiger partial charge in [-0.1, -0.05) is 72.3 Å². The molecule has 0 amide bonds. The molecule has 1 atom stereocenters. The Morgan fingerprint density at radius 3 is 2.06 bits per heavy atom. The second-order valence-corrected chi connectivity index (χ2v) is 7.64. The van der Waals surface area contributed by atoms with Gasteiger partial charge >= 0.3 is 5.97 Å². The maximum absolute atomic E-state index is 12.0. The van der Waals surface area contributed by atoms with E-state index in [4.69, 9.17) is 21.1 Å². The Bertz CT molecular complexity index is 1180. The largest absolute Gasteiger partial charge is 0.478 e. The summed E-state index contributed by atoms with van der Waals surface area (Å²) in [4.78, 5) is 12.0. The van der Waals surface area contributed by atoms with Crippen molar-refractivity contribution in [1.82, 2.24) is 0 Å². The van der Waals surface area contributed by atoms with Crippen molar-refractivity contribution in [1.29, 1.82) is 0 Å². The van der Waals surface area contributed by atoms with Crippen molar-refractivity contribution < 1.29 is 19.4 Å². The number of rotatable bonds is 8. The highest BCUT2D eigenvalue weighted by atomic mass is 35.5. The van der Waals surface area contributed by atoms with Crippen LogP contribution in [0.15, 0.2) is 103 Å². The quantitative estimate of drug-likeness (QED) is 0.322. The van der Waals surface area contributed by atoms with Crippen LogP contribution in [0.25, 0.3) is 11.1 Å². The van der Waals surface area contributed by atoms with Gasteiger partial charge in [0, 0.05) is 17.0 Å². The highest BCUT2D eigenvalue weighted by Gasteiger charge is 2.22. The minimum absolute atomic E-state index is 0.0957. The molecule has 0 aliphatic rings. The Morgan fingerprint density at radius 1 is 0.781 bits per heavy atom. The number of aliphatic carboxylic acids is 1. The Morgan fingerprint density at radius 2 is 1.41 bits per heavy atom. The lowest BCUT2D eigenvalue weighted by molar-refractivity contribution is -0.145. The SMILES string of the molecule is O=C(O)[C@@H](Cc1cc(Cl)ccc1Oc1ccccc1)Oc1ccc(-c2ccccc2)cc1. The predicted octanol–water partition coefficient (Wildman–Crippen LogP) is 6.87. The Balaban J connectivity index is 1.53. The first-order valence-corrected chi connectivity index (χ1v) is 10.5. The van der Waals surface area contributed by atoms with Crippen LogP contribution in [0.5, 0.6) is 17.2 Å². The van der Waals surface area contributed by atoms with Crippen molar-refractivity contribution >= 4 is 17.6 Å². The molecule has 0 aliphatic heterocycles. The molecule has 0 radical (unpaired) electrons. The normalized spacial score (nSPS) is 11.5. The van der Waals surface area contributed by atoms with Gasteiger partial charge in [-0.15, -0.1) is 0 Å². The molecule has 0 aromatic heterocycles. The first-order valence-electron chi connectivity index (χ1n) is 10.1. The Hall–Kier alpha value is -3.76. The topological polar surface area (TPSA) is 55.8 Å². The average molecular weight is 445 g/mol. The Kier molecular flexibility index (Phi) is 6.73. The van der Waals surface area contributed by atoms with Gasteiger partial charge in [0.05, 0.1) is 0 Å². The molecule has 4 rings (SSSR count). The van der Waals surface area contributed by atoms with Gasteiger partial charge in [0.25, 0.3) is 0 Å². The van der Waals surface area contributed by atoms with E-state index in [9.17, 15) is 9.90 Å². The second-order valence-electron chi connectivity index (χ2n) is 7.21. The fourth-order valence-electron chi connectivity index (χ4n) is 3.32. The molecule has 4 aromatic carbocycles. The van der Waals surface area contributed by atoms with Crippen molar-refractivity contribution in [3.05, 3.63) is 114 Å². The van der Waals surface area contributed by atoms with E-state index < -0.39 is 12.1 Å². The van der Waals surface area contributed by atoms with E-state index in [0.717, 1.165) is 11.1 Å². The second kappa shape index (κ2) is 10.0. The van der Waals surface area contributed by atoms with E-state index in [1.165, 1.54) is 0 Å². The molecule has 0 saturated heterocycles. The minimum Gasteiger partial charge on any atom is -0.478 e. The number of halogens is 1. The summed E-state index contributed by atoms with van der Waals surface area (Å²) < 4.78 is 11.8. The van der Waals surface area contributed by atoms with E-state index in [0.29, 0.717) is 27.8 Å². The molecule has 5 heteroatoms. The van der Waals surface area contributed by atoms with Crippen LogP contribution in [0.2, 0.25) is 5.02 Å². The molecule has 0 unspecified atom stereocenters. The monoisotopic (exact) mass is 444 g/mol. The molecule has 0 heterocycles. The van der Waals surface area contributed by atoms with Crippen molar-refractivity contribution in [2.45, 2.75) is 12.5 Å². The van der Waals surface area contributed by atoms with E-state index >= 15 is 0 Å². The van der Waals surface area contributed by atoms with Crippen LogP contribution in [-0.2, 0) is 11.2 Å². The number of hydrogen-bond donors (Lipinski definition) is 1. The fourth-order valence-corrected chi connectivity index (χ4v) is 3.52. The third-order valence-corrected chi connectivity index (χ3v) is 5.15.